The molecule has 0 aliphatic heterocycles. The highest BCUT2D eigenvalue weighted by Crippen LogP contribution is 1.93. The molecule has 0 heterocycles. The van der Waals surface area contributed by atoms with Gasteiger partial charge in [-0.3, -0.25) is 4.79 Å². The molecule has 0 saturated heterocycles. The average Bonchev–Trinajstić information content (AvgIpc) is 1.69. The summed E-state index contributed by atoms with van der Waals surface area (Å²) in [4.78, 5) is 19.6. The van der Waals surface area contributed by atoms with Crippen LogP contribution in [0.5, 0.6) is 0 Å². The quantitative estimate of drug-likeness (QED) is 0.328. The van der Waals surface area contributed by atoms with Gasteiger partial charge in [0.1, 0.15) is 6.26 Å². The van der Waals surface area contributed by atoms with Crippen LogP contribution in [0.15, 0.2) is 17.1 Å². The van der Waals surface area contributed by atoms with E-state index in [9.17, 15) is 9.70 Å². The first-order valence-corrected chi connectivity index (χ1v) is 1.91. The molecule has 0 saturated carbocycles. The van der Waals surface area contributed by atoms with Crippen LogP contribution in [0.4, 0.5) is 0 Å². The van der Waals surface area contributed by atoms with Crippen LogP contribution < -0.4 is 0 Å². The van der Waals surface area contributed by atoms with Gasteiger partial charge >= 0.3 is 0 Å². The highest BCUT2D eigenvalue weighted by Gasteiger charge is 2.00. The molecule has 1 N–H and O–H groups in total. The van der Waals surface area contributed by atoms with E-state index in [1.165, 1.54) is 0 Å². The van der Waals surface area contributed by atoms with E-state index in [-0.39, 0.29) is 0 Å². The van der Waals surface area contributed by atoms with E-state index < -0.39 is 11.5 Å². The van der Waals surface area contributed by atoms with Crippen LogP contribution in [0.25, 0.3) is 0 Å². The predicted octanol–water partition coefficient (Wildman–Crippen LogP) is 0.741. The SMILES string of the molecule is CC(=O)/C(=C\O)N=O. The van der Waals surface area contributed by atoms with Crippen LogP contribution in [0, 0.1) is 4.91 Å². The zero-order valence-electron chi connectivity index (χ0n) is 4.29. The fraction of sp³-hybridized carbons (Fsp3) is 0.250. The number of nitrogens with zero attached hydrogens (tertiary/aromatic N) is 1. The Hall–Kier alpha value is -1.19. The van der Waals surface area contributed by atoms with E-state index in [0.717, 1.165) is 6.92 Å². The number of hydrogen-bond acceptors (Lipinski definition) is 4. The van der Waals surface area contributed by atoms with Crippen molar-refractivity contribution in [2.75, 3.05) is 0 Å². The summed E-state index contributed by atoms with van der Waals surface area (Å²) in [5.74, 6) is -0.539. The Bertz CT molecular complexity index is 138. The molecular formula is C4H5NO3. The molecule has 0 bridgehead atoms. The lowest BCUT2D eigenvalue weighted by Crippen LogP contribution is -1.91. The lowest BCUT2D eigenvalue weighted by molar-refractivity contribution is -0.113. The van der Waals surface area contributed by atoms with Crippen LogP contribution in [-0.4, -0.2) is 10.9 Å². The third kappa shape index (κ3) is 1.51. The molecule has 0 aliphatic rings. The van der Waals surface area contributed by atoms with Crippen LogP contribution in [0.3, 0.4) is 0 Å². The normalized spacial score (nSPS) is 10.9. The van der Waals surface area contributed by atoms with E-state index >= 15 is 0 Å². The molecule has 0 spiro atoms. The van der Waals surface area contributed by atoms with Crippen molar-refractivity contribution in [2.24, 2.45) is 5.18 Å². The minimum Gasteiger partial charge on any atom is -0.513 e. The summed E-state index contributed by atoms with van der Waals surface area (Å²) >= 11 is 0. The number of allylic oxidation sites excluding steroid dienone is 1. The lowest BCUT2D eigenvalue weighted by atomic mass is 10.4. The number of hydrogen-bond donors (Lipinski definition) is 1. The summed E-state index contributed by atoms with van der Waals surface area (Å²) in [6.45, 7) is 1.14. The molecule has 0 aromatic carbocycles. The molecular weight excluding hydrogens is 110 g/mol. The summed E-state index contributed by atoms with van der Waals surface area (Å²) in [5, 5.41) is 10.2. The summed E-state index contributed by atoms with van der Waals surface area (Å²) in [7, 11) is 0. The maximum atomic E-state index is 10.1. The molecule has 0 rings (SSSR count). The molecule has 0 atom stereocenters. The van der Waals surface area contributed by atoms with E-state index in [0.29, 0.717) is 6.26 Å². The third-order valence-corrected chi connectivity index (χ3v) is 0.581. The Labute approximate surface area is 45.8 Å². The van der Waals surface area contributed by atoms with Crippen LogP contribution in [-0.2, 0) is 4.79 Å². The fourth-order valence-electron chi connectivity index (χ4n) is 0.179. The Morgan fingerprint density at radius 3 is 2.25 bits per heavy atom. The Kier molecular flexibility index (Phi) is 2.47. The van der Waals surface area contributed by atoms with Crippen molar-refractivity contribution < 1.29 is 9.90 Å². The monoisotopic (exact) mass is 115 g/mol. The number of aliphatic hydroxyl groups is 1. The minimum atomic E-state index is -0.539. The smallest absolute Gasteiger partial charge is 0.184 e. The number of carbonyl (C=O) groups excluding carboxylic acids is 1. The number of nitroso groups, excluding NO2 is 1. The number of rotatable bonds is 2. The molecule has 44 valence electrons. The molecule has 0 fully saturated rings. The number of carbonyl (C=O) groups is 1. The molecule has 0 aromatic rings. The van der Waals surface area contributed by atoms with Gasteiger partial charge in [0.2, 0.25) is 0 Å². The highest BCUT2D eigenvalue weighted by atomic mass is 16.3. The van der Waals surface area contributed by atoms with Gasteiger partial charge in [-0.05, 0) is 5.18 Å². The minimum absolute atomic E-state index is 0.384. The Balaban J connectivity index is 4.13. The maximum Gasteiger partial charge on any atom is 0.184 e. The highest BCUT2D eigenvalue weighted by molar-refractivity contribution is 5.92. The first-order chi connectivity index (χ1) is 3.72. The molecule has 4 nitrogen and oxygen atoms in total. The molecule has 0 aromatic heterocycles. The van der Waals surface area contributed by atoms with Crippen molar-refractivity contribution in [3.05, 3.63) is 16.9 Å². The third-order valence-electron chi connectivity index (χ3n) is 0.581. The largest absolute Gasteiger partial charge is 0.513 e. The van der Waals surface area contributed by atoms with E-state index in [2.05, 4.69) is 5.18 Å². The van der Waals surface area contributed by atoms with Gasteiger partial charge in [-0.1, -0.05) is 0 Å². The van der Waals surface area contributed by atoms with Crippen molar-refractivity contribution in [2.45, 2.75) is 6.92 Å². The molecule has 4 heteroatoms. The van der Waals surface area contributed by atoms with Crippen molar-refractivity contribution in [3.63, 3.8) is 0 Å². The maximum absolute atomic E-state index is 10.1. The first-order valence-electron chi connectivity index (χ1n) is 1.91. The van der Waals surface area contributed by atoms with Gasteiger partial charge in [0.25, 0.3) is 0 Å². The summed E-state index contributed by atoms with van der Waals surface area (Å²) in [6, 6.07) is 0. The van der Waals surface area contributed by atoms with Crippen molar-refractivity contribution in [3.8, 4) is 0 Å². The van der Waals surface area contributed by atoms with Crippen molar-refractivity contribution in [1.82, 2.24) is 0 Å². The van der Waals surface area contributed by atoms with Gasteiger partial charge in [0.15, 0.2) is 11.5 Å². The van der Waals surface area contributed by atoms with E-state index in [1.54, 1.807) is 0 Å². The number of aliphatic hydroxyl groups excluding tert-OH is 1. The predicted molar refractivity (Wildman–Crippen MR) is 27.2 cm³/mol. The Morgan fingerprint density at radius 1 is 1.75 bits per heavy atom. The van der Waals surface area contributed by atoms with Gasteiger partial charge in [-0.2, -0.15) is 0 Å². The number of Topliss-reactive ketones (excluding diaryl/α,β-unsaturated/α-hetero) is 1. The topological polar surface area (TPSA) is 66.7 Å². The zero-order valence-corrected chi connectivity index (χ0v) is 4.29. The summed E-state index contributed by atoms with van der Waals surface area (Å²) in [5.41, 5.74) is -0.454. The van der Waals surface area contributed by atoms with Crippen molar-refractivity contribution >= 4 is 5.78 Å². The second-order valence-electron chi connectivity index (χ2n) is 1.16. The molecule has 0 unspecified atom stereocenters. The molecule has 0 radical (unpaired) electrons. The molecule has 8 heavy (non-hydrogen) atoms. The van der Waals surface area contributed by atoms with Gasteiger partial charge < -0.3 is 5.11 Å². The molecule has 0 amide bonds. The fourth-order valence-corrected chi connectivity index (χ4v) is 0.179. The van der Waals surface area contributed by atoms with Crippen LogP contribution in [0.1, 0.15) is 6.92 Å². The van der Waals surface area contributed by atoms with Crippen LogP contribution >= 0.6 is 0 Å². The Morgan fingerprint density at radius 2 is 2.25 bits per heavy atom. The average molecular weight is 115 g/mol. The van der Waals surface area contributed by atoms with Gasteiger partial charge in [0.05, 0.1) is 0 Å². The summed E-state index contributed by atoms with van der Waals surface area (Å²) in [6.07, 6.45) is 0.384. The van der Waals surface area contributed by atoms with Gasteiger partial charge in [-0.15, -0.1) is 4.91 Å². The van der Waals surface area contributed by atoms with E-state index in [4.69, 9.17) is 5.11 Å². The van der Waals surface area contributed by atoms with Gasteiger partial charge in [0, 0.05) is 6.92 Å². The van der Waals surface area contributed by atoms with Gasteiger partial charge in [-0.25, -0.2) is 0 Å². The summed E-state index contributed by atoms with van der Waals surface area (Å²) < 4.78 is 0. The van der Waals surface area contributed by atoms with Crippen molar-refractivity contribution in [1.29, 1.82) is 0 Å². The first kappa shape index (κ1) is 6.81. The lowest BCUT2D eigenvalue weighted by Gasteiger charge is -1.81. The zero-order chi connectivity index (χ0) is 6.57. The molecule has 0 aliphatic carbocycles. The van der Waals surface area contributed by atoms with E-state index in [1.807, 2.05) is 0 Å². The van der Waals surface area contributed by atoms with Crippen LogP contribution in [0.2, 0.25) is 0 Å². The number of ketones is 1. The second-order valence-corrected chi connectivity index (χ2v) is 1.16. The standard InChI is InChI=1S/C4H5NO3/c1-3(7)4(2-6)5-8/h2,6H,1H3/b4-2+. The second kappa shape index (κ2) is 2.90.